The van der Waals surface area contributed by atoms with Crippen LogP contribution in [0.4, 0.5) is 11.4 Å². The van der Waals surface area contributed by atoms with E-state index in [0.29, 0.717) is 26.2 Å². The Morgan fingerprint density at radius 1 is 0.906 bits per heavy atom. The number of carbonyl (C=O) groups excluding carboxylic acids is 2. The summed E-state index contributed by atoms with van der Waals surface area (Å²) in [5.41, 5.74) is 3.83. The first-order chi connectivity index (χ1) is 15.7. The van der Waals surface area contributed by atoms with E-state index in [9.17, 15) is 9.59 Å². The Balaban J connectivity index is 1.43. The van der Waals surface area contributed by atoms with Crippen LogP contribution in [0.2, 0.25) is 0 Å². The molecule has 1 fully saturated rings. The number of morpholine rings is 1. The predicted octanol–water partition coefficient (Wildman–Crippen LogP) is 3.32. The summed E-state index contributed by atoms with van der Waals surface area (Å²) in [5.74, 6) is -0.262. The van der Waals surface area contributed by atoms with E-state index in [1.807, 2.05) is 48.5 Å². The van der Waals surface area contributed by atoms with E-state index in [-0.39, 0.29) is 17.6 Å². The van der Waals surface area contributed by atoms with Crippen LogP contribution in [0, 0.1) is 0 Å². The number of benzene rings is 2. The lowest BCUT2D eigenvalue weighted by molar-refractivity contribution is -0.121. The third-order valence-electron chi connectivity index (χ3n) is 6.06. The summed E-state index contributed by atoms with van der Waals surface area (Å²) >= 11 is 0. The van der Waals surface area contributed by atoms with Crippen LogP contribution >= 0.6 is 0 Å². The van der Waals surface area contributed by atoms with Crippen molar-refractivity contribution in [1.82, 2.24) is 4.90 Å². The van der Waals surface area contributed by atoms with Gasteiger partial charge in [-0.15, -0.1) is 0 Å². The molecule has 0 spiro atoms. The minimum atomic E-state index is -0.639. The number of fused-ring (bicyclic) bond motifs is 1. The van der Waals surface area contributed by atoms with Gasteiger partial charge in [0.25, 0.3) is 5.91 Å². The molecule has 5 rings (SSSR count). The molecule has 2 aromatic carbocycles. The number of hydrogen-bond acceptors (Lipinski definition) is 5. The maximum atomic E-state index is 13.5. The molecule has 1 N–H and O–H groups in total. The predicted molar refractivity (Wildman–Crippen MR) is 121 cm³/mol. The average Bonchev–Trinajstić information content (AvgIpc) is 3.39. The number of furan rings is 1. The molecule has 0 aliphatic carbocycles. The van der Waals surface area contributed by atoms with Crippen LogP contribution in [0.1, 0.15) is 21.7 Å². The van der Waals surface area contributed by atoms with Gasteiger partial charge in [0.2, 0.25) is 5.91 Å². The van der Waals surface area contributed by atoms with E-state index in [1.165, 1.54) is 6.26 Å². The zero-order valence-electron chi connectivity index (χ0n) is 17.7. The topological polar surface area (TPSA) is 75.0 Å². The number of nitrogens with one attached hydrogen (secondary N) is 1. The fraction of sp³-hybridized carbons (Fsp3) is 0.280. The first kappa shape index (κ1) is 20.3. The smallest absolute Gasteiger partial charge is 0.290 e. The van der Waals surface area contributed by atoms with Crippen molar-refractivity contribution in [2.75, 3.05) is 36.5 Å². The van der Waals surface area contributed by atoms with E-state index in [4.69, 9.17) is 9.15 Å². The Morgan fingerprint density at radius 2 is 1.66 bits per heavy atom. The van der Waals surface area contributed by atoms with Crippen molar-refractivity contribution < 1.29 is 18.7 Å². The Labute approximate surface area is 186 Å². The van der Waals surface area contributed by atoms with Crippen molar-refractivity contribution in [3.63, 3.8) is 0 Å². The fourth-order valence-corrected chi connectivity index (χ4v) is 4.39. The molecule has 1 aromatic heterocycles. The van der Waals surface area contributed by atoms with Gasteiger partial charge in [-0.05, 0) is 35.4 Å². The van der Waals surface area contributed by atoms with Gasteiger partial charge in [-0.25, -0.2) is 0 Å². The van der Waals surface area contributed by atoms with Crippen molar-refractivity contribution in [2.45, 2.75) is 19.0 Å². The molecule has 1 atom stereocenters. The Hall–Kier alpha value is -3.58. The van der Waals surface area contributed by atoms with Gasteiger partial charge in [0, 0.05) is 26.1 Å². The molecule has 32 heavy (non-hydrogen) atoms. The molecule has 2 amide bonds. The highest BCUT2D eigenvalue weighted by Crippen LogP contribution is 2.29. The first-order valence-corrected chi connectivity index (χ1v) is 10.8. The second-order valence-electron chi connectivity index (χ2n) is 8.00. The number of nitrogens with zero attached hydrogens (tertiary/aromatic N) is 2. The van der Waals surface area contributed by atoms with Gasteiger partial charge in [-0.1, -0.05) is 36.4 Å². The van der Waals surface area contributed by atoms with Gasteiger partial charge >= 0.3 is 0 Å². The van der Waals surface area contributed by atoms with Crippen molar-refractivity contribution >= 4 is 23.2 Å². The van der Waals surface area contributed by atoms with E-state index in [2.05, 4.69) is 10.2 Å². The third-order valence-corrected chi connectivity index (χ3v) is 6.06. The van der Waals surface area contributed by atoms with E-state index < -0.39 is 6.04 Å². The molecule has 3 heterocycles. The van der Waals surface area contributed by atoms with Crippen LogP contribution in [0.15, 0.2) is 71.3 Å². The molecular formula is C25H25N3O4. The van der Waals surface area contributed by atoms with Gasteiger partial charge in [-0.3, -0.25) is 9.59 Å². The number of ether oxygens (including phenoxy) is 1. The molecule has 0 saturated carbocycles. The summed E-state index contributed by atoms with van der Waals surface area (Å²) in [4.78, 5) is 30.5. The number of carbonyl (C=O) groups is 2. The monoisotopic (exact) mass is 431 g/mol. The second-order valence-corrected chi connectivity index (χ2v) is 8.00. The summed E-state index contributed by atoms with van der Waals surface area (Å²) in [5, 5.41) is 3.09. The lowest BCUT2D eigenvalue weighted by atomic mass is 9.93. The molecule has 0 bridgehead atoms. The number of rotatable bonds is 4. The molecule has 7 nitrogen and oxygen atoms in total. The van der Waals surface area contributed by atoms with Gasteiger partial charge in [0.15, 0.2) is 5.76 Å². The SMILES string of the molecule is O=C(Nc1ccccc1N1CCOCC1)[C@@H]1Cc2ccccc2CN1C(=O)c1ccco1. The zero-order valence-corrected chi connectivity index (χ0v) is 17.7. The van der Waals surface area contributed by atoms with Crippen LogP contribution in [-0.4, -0.2) is 49.1 Å². The van der Waals surface area contributed by atoms with Crippen LogP contribution < -0.4 is 10.2 Å². The summed E-state index contributed by atoms with van der Waals surface area (Å²) in [6.45, 7) is 3.22. The number of anilines is 2. The maximum Gasteiger partial charge on any atom is 0.290 e. The largest absolute Gasteiger partial charge is 0.459 e. The van der Waals surface area contributed by atoms with Crippen LogP contribution in [0.3, 0.4) is 0 Å². The lowest BCUT2D eigenvalue weighted by Crippen LogP contribution is -2.50. The van der Waals surface area contributed by atoms with Crippen molar-refractivity contribution in [3.05, 3.63) is 83.8 Å². The minimum Gasteiger partial charge on any atom is -0.459 e. The van der Waals surface area contributed by atoms with Crippen molar-refractivity contribution in [3.8, 4) is 0 Å². The van der Waals surface area contributed by atoms with Crippen molar-refractivity contribution in [2.24, 2.45) is 0 Å². The molecule has 7 heteroatoms. The standard InChI is InChI=1S/C25H25N3O4/c29-24(26-20-8-3-4-9-21(20)27-11-14-31-15-12-27)22-16-18-6-1-2-7-19(18)17-28(22)25(30)23-10-5-13-32-23/h1-10,13,22H,11-12,14-17H2,(H,26,29)/t22-/m0/s1. The molecular weight excluding hydrogens is 406 g/mol. The molecule has 164 valence electrons. The Kier molecular flexibility index (Phi) is 5.64. The average molecular weight is 431 g/mol. The highest BCUT2D eigenvalue weighted by atomic mass is 16.5. The summed E-state index contributed by atoms with van der Waals surface area (Å²) in [6, 6.07) is 18.4. The lowest BCUT2D eigenvalue weighted by Gasteiger charge is -2.36. The number of para-hydroxylation sites is 2. The van der Waals surface area contributed by atoms with Crippen LogP contribution in [0.25, 0.3) is 0 Å². The molecule has 3 aromatic rings. The van der Waals surface area contributed by atoms with Gasteiger partial charge < -0.3 is 24.3 Å². The number of amides is 2. The van der Waals surface area contributed by atoms with Gasteiger partial charge in [0.05, 0.1) is 30.9 Å². The van der Waals surface area contributed by atoms with E-state index in [1.54, 1.807) is 17.0 Å². The zero-order chi connectivity index (χ0) is 21.9. The quantitative estimate of drug-likeness (QED) is 0.686. The van der Waals surface area contributed by atoms with Gasteiger partial charge in [-0.2, -0.15) is 0 Å². The summed E-state index contributed by atoms with van der Waals surface area (Å²) in [7, 11) is 0. The van der Waals surface area contributed by atoms with Crippen molar-refractivity contribution in [1.29, 1.82) is 0 Å². The minimum absolute atomic E-state index is 0.208. The van der Waals surface area contributed by atoms with Crippen LogP contribution in [0.5, 0.6) is 0 Å². The molecule has 2 aliphatic rings. The first-order valence-electron chi connectivity index (χ1n) is 10.8. The number of hydrogen-bond donors (Lipinski definition) is 1. The molecule has 2 aliphatic heterocycles. The Morgan fingerprint density at radius 3 is 2.44 bits per heavy atom. The Bertz CT molecular complexity index is 1110. The second kappa shape index (κ2) is 8.88. The molecule has 0 unspecified atom stereocenters. The highest BCUT2D eigenvalue weighted by Gasteiger charge is 2.36. The molecule has 1 saturated heterocycles. The third kappa shape index (κ3) is 3.99. The summed E-state index contributed by atoms with van der Waals surface area (Å²) < 4.78 is 10.8. The normalized spacial score (nSPS) is 18.2. The van der Waals surface area contributed by atoms with E-state index in [0.717, 1.165) is 35.6 Å². The maximum absolute atomic E-state index is 13.5. The highest BCUT2D eigenvalue weighted by molar-refractivity contribution is 6.02. The molecule has 0 radical (unpaired) electrons. The van der Waals surface area contributed by atoms with Gasteiger partial charge in [0.1, 0.15) is 6.04 Å². The van der Waals surface area contributed by atoms with Crippen LogP contribution in [-0.2, 0) is 22.5 Å². The fourth-order valence-electron chi connectivity index (χ4n) is 4.39. The van der Waals surface area contributed by atoms with E-state index >= 15 is 0 Å². The summed E-state index contributed by atoms with van der Waals surface area (Å²) in [6.07, 6.45) is 1.92.